The predicted octanol–water partition coefficient (Wildman–Crippen LogP) is 6.97. The lowest BCUT2D eigenvalue weighted by Gasteiger charge is -2.26. The summed E-state index contributed by atoms with van der Waals surface area (Å²) in [6.45, 7) is 2.72. The number of hydrogen-bond donors (Lipinski definition) is 0. The Labute approximate surface area is 217 Å². The third kappa shape index (κ3) is 7.15. The molecule has 0 fully saturated rings. The number of aryl methyl sites for hydroxylation is 1. The number of thiophene rings is 1. The fraction of sp³-hybridized carbons (Fsp3) is 0.226. The lowest BCUT2D eigenvalue weighted by atomic mass is 9.88. The zero-order valence-electron chi connectivity index (χ0n) is 20.5. The highest BCUT2D eigenvalue weighted by Gasteiger charge is 2.20. The van der Waals surface area contributed by atoms with Crippen molar-refractivity contribution in [1.29, 1.82) is 0 Å². The van der Waals surface area contributed by atoms with Gasteiger partial charge in [0, 0.05) is 31.3 Å². The fourth-order valence-corrected chi connectivity index (χ4v) is 5.10. The number of carbonyl (C=O) groups is 2. The molecular weight excluding hydrogens is 466 g/mol. The molecule has 0 N–H and O–H groups in total. The Morgan fingerprint density at radius 3 is 2.17 bits per heavy atom. The minimum Gasteiger partial charge on any atom is -0.427 e. The average molecular weight is 498 g/mol. The van der Waals surface area contributed by atoms with Crippen molar-refractivity contribution in [2.45, 2.75) is 32.1 Å². The number of rotatable bonds is 11. The fourth-order valence-electron chi connectivity index (χ4n) is 4.47. The van der Waals surface area contributed by atoms with E-state index in [1.807, 2.05) is 52.1 Å². The summed E-state index contributed by atoms with van der Waals surface area (Å²) < 4.78 is 5.22. The molecule has 0 aliphatic rings. The second kappa shape index (κ2) is 12.8. The molecule has 3 aromatic carbocycles. The van der Waals surface area contributed by atoms with Crippen LogP contribution in [0, 0.1) is 0 Å². The van der Waals surface area contributed by atoms with Gasteiger partial charge in [0.15, 0.2) is 0 Å². The van der Waals surface area contributed by atoms with E-state index in [0.717, 1.165) is 30.4 Å². The number of hydrogen-bond acceptors (Lipinski definition) is 4. The van der Waals surface area contributed by atoms with Crippen molar-refractivity contribution in [1.82, 2.24) is 4.90 Å². The van der Waals surface area contributed by atoms with Crippen LogP contribution in [0.4, 0.5) is 0 Å². The summed E-state index contributed by atoms with van der Waals surface area (Å²) in [6, 6.07) is 30.5. The van der Waals surface area contributed by atoms with E-state index < -0.39 is 0 Å². The van der Waals surface area contributed by atoms with Crippen LogP contribution >= 0.6 is 11.3 Å². The Hall–Kier alpha value is -3.70. The summed E-state index contributed by atoms with van der Waals surface area (Å²) in [5, 5.41) is 3.87. The summed E-state index contributed by atoms with van der Waals surface area (Å²) in [5.74, 6) is 0.515. The van der Waals surface area contributed by atoms with Crippen molar-refractivity contribution in [3.05, 3.63) is 124 Å². The highest BCUT2D eigenvalue weighted by Crippen LogP contribution is 2.28. The molecule has 0 atom stereocenters. The van der Waals surface area contributed by atoms with Crippen molar-refractivity contribution in [3.8, 4) is 5.75 Å². The molecule has 36 heavy (non-hydrogen) atoms. The molecule has 0 aliphatic carbocycles. The number of amides is 1. The van der Waals surface area contributed by atoms with E-state index in [1.54, 1.807) is 17.4 Å². The van der Waals surface area contributed by atoms with E-state index in [0.29, 0.717) is 18.8 Å². The molecule has 5 heteroatoms. The monoisotopic (exact) mass is 497 g/mol. The van der Waals surface area contributed by atoms with E-state index in [-0.39, 0.29) is 17.8 Å². The van der Waals surface area contributed by atoms with E-state index in [2.05, 4.69) is 48.5 Å². The summed E-state index contributed by atoms with van der Waals surface area (Å²) in [6.07, 6.45) is 2.45. The van der Waals surface area contributed by atoms with Crippen LogP contribution in [0.1, 0.15) is 52.7 Å². The van der Waals surface area contributed by atoms with Crippen LogP contribution in [0.5, 0.6) is 5.75 Å². The third-order valence-corrected chi connectivity index (χ3v) is 6.88. The molecule has 0 saturated heterocycles. The Morgan fingerprint density at radius 1 is 0.861 bits per heavy atom. The van der Waals surface area contributed by atoms with Crippen molar-refractivity contribution in [3.63, 3.8) is 0 Å². The molecule has 4 aromatic rings. The first kappa shape index (κ1) is 25.4. The maximum absolute atomic E-state index is 13.4. The number of benzene rings is 3. The van der Waals surface area contributed by atoms with E-state index in [1.165, 1.54) is 18.1 Å². The number of carbonyl (C=O) groups excluding carboxylic acids is 2. The molecule has 0 radical (unpaired) electrons. The van der Waals surface area contributed by atoms with Gasteiger partial charge in [-0.2, -0.15) is 11.3 Å². The molecule has 0 saturated carbocycles. The molecule has 4 rings (SSSR count). The zero-order valence-corrected chi connectivity index (χ0v) is 21.3. The topological polar surface area (TPSA) is 46.6 Å². The molecule has 0 unspecified atom stereocenters. The van der Waals surface area contributed by atoms with Crippen LogP contribution < -0.4 is 4.74 Å². The van der Waals surface area contributed by atoms with Gasteiger partial charge in [-0.25, -0.2) is 0 Å². The quantitative estimate of drug-likeness (QED) is 0.166. The second-order valence-corrected chi connectivity index (χ2v) is 9.59. The normalized spacial score (nSPS) is 10.8. The van der Waals surface area contributed by atoms with E-state index in [9.17, 15) is 9.59 Å². The molecule has 0 aliphatic heterocycles. The van der Waals surface area contributed by atoms with Gasteiger partial charge in [0.25, 0.3) is 5.91 Å². The van der Waals surface area contributed by atoms with Crippen LogP contribution in [-0.4, -0.2) is 29.9 Å². The van der Waals surface area contributed by atoms with E-state index >= 15 is 0 Å². The molecule has 0 bridgehead atoms. The van der Waals surface area contributed by atoms with Crippen LogP contribution in [-0.2, 0) is 11.2 Å². The summed E-state index contributed by atoms with van der Waals surface area (Å²) in [5.41, 5.74) is 4.35. The maximum Gasteiger partial charge on any atom is 0.308 e. The Bertz CT molecular complexity index is 1200. The zero-order chi connectivity index (χ0) is 25.2. The molecule has 184 valence electrons. The molecular formula is C31H31NO3S. The van der Waals surface area contributed by atoms with Crippen LogP contribution in [0.3, 0.4) is 0 Å². The highest BCUT2D eigenvalue weighted by molar-refractivity contribution is 7.08. The summed E-state index contributed by atoms with van der Waals surface area (Å²) in [4.78, 5) is 26.6. The standard InChI is InChI=1S/C31H31NO3S/c1-24(33)35-29-16-8-10-25(22-29)11-9-19-32(31(34)28-18-21-36-23-28)20-17-30(26-12-4-2-5-13-26)27-14-6-3-7-15-27/h2-8,10,12-16,18,21-23,30H,9,11,17,19-20H2,1H3. The first-order valence-electron chi connectivity index (χ1n) is 12.3. The second-order valence-electron chi connectivity index (χ2n) is 8.81. The lowest BCUT2D eigenvalue weighted by Crippen LogP contribution is -2.33. The predicted molar refractivity (Wildman–Crippen MR) is 146 cm³/mol. The van der Waals surface area contributed by atoms with Crippen LogP contribution in [0.2, 0.25) is 0 Å². The molecule has 1 amide bonds. The Kier molecular flexibility index (Phi) is 9.06. The van der Waals surface area contributed by atoms with Crippen LogP contribution in [0.15, 0.2) is 102 Å². The van der Waals surface area contributed by atoms with Crippen molar-refractivity contribution in [2.24, 2.45) is 0 Å². The molecule has 1 aromatic heterocycles. The van der Waals surface area contributed by atoms with Crippen molar-refractivity contribution >= 4 is 23.2 Å². The molecule has 1 heterocycles. The van der Waals surface area contributed by atoms with Crippen molar-refractivity contribution < 1.29 is 14.3 Å². The van der Waals surface area contributed by atoms with Crippen molar-refractivity contribution in [2.75, 3.05) is 13.1 Å². The van der Waals surface area contributed by atoms with Gasteiger partial charge in [-0.1, -0.05) is 72.8 Å². The summed E-state index contributed by atoms with van der Waals surface area (Å²) >= 11 is 1.54. The summed E-state index contributed by atoms with van der Waals surface area (Å²) in [7, 11) is 0. The van der Waals surface area contributed by atoms with Gasteiger partial charge in [-0.3, -0.25) is 9.59 Å². The molecule has 4 nitrogen and oxygen atoms in total. The van der Waals surface area contributed by atoms with Gasteiger partial charge in [0.2, 0.25) is 0 Å². The Balaban J connectivity index is 1.47. The number of esters is 1. The minimum atomic E-state index is -0.328. The highest BCUT2D eigenvalue weighted by atomic mass is 32.1. The number of ether oxygens (including phenoxy) is 1. The van der Waals surface area contributed by atoms with Crippen LogP contribution in [0.25, 0.3) is 0 Å². The maximum atomic E-state index is 13.4. The van der Waals surface area contributed by atoms with Gasteiger partial charge in [0.05, 0.1) is 5.56 Å². The SMILES string of the molecule is CC(=O)Oc1cccc(CCCN(CCC(c2ccccc2)c2ccccc2)C(=O)c2ccsc2)c1. The molecule has 0 spiro atoms. The van der Waals surface area contributed by atoms with Gasteiger partial charge in [0.1, 0.15) is 5.75 Å². The lowest BCUT2D eigenvalue weighted by molar-refractivity contribution is -0.131. The number of nitrogens with zero attached hydrogens (tertiary/aromatic N) is 1. The smallest absolute Gasteiger partial charge is 0.308 e. The Morgan fingerprint density at radius 2 is 1.56 bits per heavy atom. The van der Waals surface area contributed by atoms with Gasteiger partial charge >= 0.3 is 5.97 Å². The van der Waals surface area contributed by atoms with Gasteiger partial charge in [-0.05, 0) is 59.5 Å². The van der Waals surface area contributed by atoms with Gasteiger partial charge in [-0.15, -0.1) is 0 Å². The average Bonchev–Trinajstić information content (AvgIpc) is 3.44. The van der Waals surface area contributed by atoms with E-state index in [4.69, 9.17) is 4.74 Å². The minimum absolute atomic E-state index is 0.0739. The third-order valence-electron chi connectivity index (χ3n) is 6.20. The largest absolute Gasteiger partial charge is 0.427 e. The first-order chi connectivity index (χ1) is 17.6. The first-order valence-corrected chi connectivity index (χ1v) is 13.2. The van der Waals surface area contributed by atoms with Gasteiger partial charge < -0.3 is 9.64 Å².